The van der Waals surface area contributed by atoms with Crippen molar-refractivity contribution >= 4 is 11.6 Å². The molecule has 0 aliphatic heterocycles. The second-order valence-electron chi connectivity index (χ2n) is 4.63. The van der Waals surface area contributed by atoms with Crippen LogP contribution in [0, 0.1) is 18.6 Å². The lowest BCUT2D eigenvalue weighted by molar-refractivity contribution is -0.115. The number of methoxy groups -OCH3 is 1. The minimum atomic E-state index is -0.797. The molecular formula is C16H15F2NO2. The summed E-state index contributed by atoms with van der Waals surface area (Å²) in [4.78, 5) is 11.9. The molecule has 0 unspecified atom stereocenters. The summed E-state index contributed by atoms with van der Waals surface area (Å²) in [5.74, 6) is -1.36. The van der Waals surface area contributed by atoms with Crippen molar-refractivity contribution in [3.05, 3.63) is 59.2 Å². The van der Waals surface area contributed by atoms with Crippen LogP contribution < -0.4 is 10.1 Å². The van der Waals surface area contributed by atoms with Gasteiger partial charge < -0.3 is 10.1 Å². The molecule has 3 nitrogen and oxygen atoms in total. The van der Waals surface area contributed by atoms with E-state index in [0.717, 1.165) is 29.0 Å². The predicted octanol–water partition coefficient (Wildman–Crippen LogP) is 3.46. The van der Waals surface area contributed by atoms with Crippen LogP contribution in [-0.4, -0.2) is 13.0 Å². The van der Waals surface area contributed by atoms with Crippen LogP contribution >= 0.6 is 0 Å². The molecule has 0 atom stereocenters. The Morgan fingerprint density at radius 2 is 1.86 bits per heavy atom. The molecule has 0 heterocycles. The topological polar surface area (TPSA) is 38.3 Å². The van der Waals surface area contributed by atoms with Crippen LogP contribution in [0.3, 0.4) is 0 Å². The average Bonchev–Trinajstić information content (AvgIpc) is 2.43. The van der Waals surface area contributed by atoms with E-state index in [9.17, 15) is 13.6 Å². The fourth-order valence-electron chi connectivity index (χ4n) is 2.04. The number of hydrogen-bond donors (Lipinski definition) is 1. The highest BCUT2D eigenvalue weighted by molar-refractivity contribution is 5.92. The molecule has 0 spiro atoms. The fourth-order valence-corrected chi connectivity index (χ4v) is 2.04. The lowest BCUT2D eigenvalue weighted by Crippen LogP contribution is -2.16. The Morgan fingerprint density at radius 3 is 2.43 bits per heavy atom. The molecule has 1 amide bonds. The van der Waals surface area contributed by atoms with Crippen LogP contribution in [0.5, 0.6) is 5.75 Å². The zero-order valence-electron chi connectivity index (χ0n) is 11.7. The van der Waals surface area contributed by atoms with Gasteiger partial charge in [-0.2, -0.15) is 0 Å². The van der Waals surface area contributed by atoms with Gasteiger partial charge in [-0.15, -0.1) is 0 Å². The predicted molar refractivity (Wildman–Crippen MR) is 76.4 cm³/mol. The lowest BCUT2D eigenvalue weighted by Gasteiger charge is -2.09. The Morgan fingerprint density at radius 1 is 1.19 bits per heavy atom. The molecule has 21 heavy (non-hydrogen) atoms. The Balaban J connectivity index is 2.10. The summed E-state index contributed by atoms with van der Waals surface area (Å²) in [7, 11) is 1.57. The average molecular weight is 291 g/mol. The first kappa shape index (κ1) is 15.0. The zero-order chi connectivity index (χ0) is 15.4. The SMILES string of the molecule is COc1ccc(CC(=O)Nc2c(F)cccc2F)cc1C. The molecule has 2 aromatic carbocycles. The number of anilines is 1. The zero-order valence-corrected chi connectivity index (χ0v) is 11.7. The molecule has 0 radical (unpaired) electrons. The van der Waals surface area contributed by atoms with Gasteiger partial charge in [0.1, 0.15) is 23.1 Å². The molecule has 0 aliphatic carbocycles. The number of ether oxygens (including phenoxy) is 1. The highest BCUT2D eigenvalue weighted by atomic mass is 19.1. The van der Waals surface area contributed by atoms with Gasteiger partial charge in [-0.3, -0.25) is 4.79 Å². The van der Waals surface area contributed by atoms with Crippen LogP contribution in [0.4, 0.5) is 14.5 Å². The van der Waals surface area contributed by atoms with Crippen LogP contribution in [0.15, 0.2) is 36.4 Å². The van der Waals surface area contributed by atoms with Crippen LogP contribution in [0.1, 0.15) is 11.1 Å². The third-order valence-electron chi connectivity index (χ3n) is 3.05. The number of carbonyl (C=O) groups excluding carboxylic acids is 1. The van der Waals surface area contributed by atoms with E-state index in [1.165, 1.54) is 6.07 Å². The third-order valence-corrected chi connectivity index (χ3v) is 3.05. The number of benzene rings is 2. The second-order valence-corrected chi connectivity index (χ2v) is 4.63. The molecule has 2 rings (SSSR count). The van der Waals surface area contributed by atoms with Gasteiger partial charge in [-0.1, -0.05) is 18.2 Å². The van der Waals surface area contributed by atoms with Crippen molar-refractivity contribution in [2.24, 2.45) is 0 Å². The number of amides is 1. The summed E-state index contributed by atoms with van der Waals surface area (Å²) in [5, 5.41) is 2.25. The minimum absolute atomic E-state index is 0.0264. The molecule has 0 aliphatic rings. The van der Waals surface area contributed by atoms with Crippen LogP contribution in [0.25, 0.3) is 0 Å². The minimum Gasteiger partial charge on any atom is -0.496 e. The summed E-state index contributed by atoms with van der Waals surface area (Å²) < 4.78 is 32.0. The monoisotopic (exact) mass is 291 g/mol. The maximum atomic E-state index is 13.4. The third kappa shape index (κ3) is 3.56. The fraction of sp³-hybridized carbons (Fsp3) is 0.188. The quantitative estimate of drug-likeness (QED) is 0.936. The molecule has 0 bridgehead atoms. The van der Waals surface area contributed by atoms with E-state index in [-0.39, 0.29) is 6.42 Å². The van der Waals surface area contributed by atoms with E-state index in [0.29, 0.717) is 0 Å². The molecule has 0 saturated carbocycles. The Labute approximate surface area is 121 Å². The summed E-state index contributed by atoms with van der Waals surface area (Å²) in [6, 6.07) is 8.72. The van der Waals surface area contributed by atoms with Crippen molar-refractivity contribution in [2.45, 2.75) is 13.3 Å². The summed E-state index contributed by atoms with van der Waals surface area (Å²) >= 11 is 0. The van der Waals surface area contributed by atoms with Crippen molar-refractivity contribution in [1.82, 2.24) is 0 Å². The van der Waals surface area contributed by atoms with Gasteiger partial charge >= 0.3 is 0 Å². The van der Waals surface area contributed by atoms with E-state index in [4.69, 9.17) is 4.74 Å². The molecule has 110 valence electrons. The van der Waals surface area contributed by atoms with Gasteiger partial charge in [-0.05, 0) is 36.2 Å². The Hall–Kier alpha value is -2.43. The standard InChI is InChI=1S/C16H15F2NO2/c1-10-8-11(6-7-14(10)21-2)9-15(20)19-16-12(17)4-3-5-13(16)18/h3-8H,9H2,1-2H3,(H,19,20). The Bertz CT molecular complexity index is 651. The molecule has 0 saturated heterocycles. The Kier molecular flexibility index (Phi) is 4.52. The van der Waals surface area contributed by atoms with E-state index in [2.05, 4.69) is 5.32 Å². The van der Waals surface area contributed by atoms with Crippen LogP contribution in [0.2, 0.25) is 0 Å². The largest absolute Gasteiger partial charge is 0.496 e. The van der Waals surface area contributed by atoms with E-state index < -0.39 is 23.2 Å². The highest BCUT2D eigenvalue weighted by Crippen LogP contribution is 2.20. The van der Waals surface area contributed by atoms with E-state index in [1.54, 1.807) is 25.3 Å². The van der Waals surface area contributed by atoms with Crippen molar-refractivity contribution in [2.75, 3.05) is 12.4 Å². The first-order valence-electron chi connectivity index (χ1n) is 6.38. The van der Waals surface area contributed by atoms with Gasteiger partial charge in [0, 0.05) is 0 Å². The number of nitrogens with one attached hydrogen (secondary N) is 1. The van der Waals surface area contributed by atoms with Gasteiger partial charge in [0.05, 0.1) is 13.5 Å². The first-order valence-corrected chi connectivity index (χ1v) is 6.38. The van der Waals surface area contributed by atoms with Crippen LogP contribution in [-0.2, 0) is 11.2 Å². The summed E-state index contributed by atoms with van der Waals surface area (Å²) in [5.41, 5.74) is 1.20. The molecule has 0 fully saturated rings. The molecule has 0 aromatic heterocycles. The van der Waals surface area contributed by atoms with Gasteiger partial charge in [-0.25, -0.2) is 8.78 Å². The maximum Gasteiger partial charge on any atom is 0.228 e. The summed E-state index contributed by atoms with van der Waals surface area (Å²) in [6.45, 7) is 1.86. The van der Waals surface area contributed by atoms with Crippen molar-refractivity contribution < 1.29 is 18.3 Å². The lowest BCUT2D eigenvalue weighted by atomic mass is 10.1. The van der Waals surface area contributed by atoms with Gasteiger partial charge in [0.25, 0.3) is 0 Å². The first-order chi connectivity index (χ1) is 10.0. The number of rotatable bonds is 4. The van der Waals surface area contributed by atoms with Gasteiger partial charge in [0.15, 0.2) is 0 Å². The molecular weight excluding hydrogens is 276 g/mol. The number of para-hydroxylation sites is 1. The van der Waals surface area contributed by atoms with Crippen molar-refractivity contribution in [1.29, 1.82) is 0 Å². The maximum absolute atomic E-state index is 13.4. The van der Waals surface area contributed by atoms with Gasteiger partial charge in [0.2, 0.25) is 5.91 Å². The molecule has 2 aromatic rings. The summed E-state index contributed by atoms with van der Waals surface area (Å²) in [6.07, 6.45) is 0.0264. The smallest absolute Gasteiger partial charge is 0.228 e. The van der Waals surface area contributed by atoms with E-state index >= 15 is 0 Å². The highest BCUT2D eigenvalue weighted by Gasteiger charge is 2.12. The second kappa shape index (κ2) is 6.35. The molecule has 5 heteroatoms. The van der Waals surface area contributed by atoms with Crippen molar-refractivity contribution in [3.63, 3.8) is 0 Å². The normalized spacial score (nSPS) is 10.3. The number of hydrogen-bond acceptors (Lipinski definition) is 2. The molecule has 1 N–H and O–H groups in total. The number of aryl methyl sites for hydroxylation is 1. The number of halogens is 2. The number of carbonyl (C=O) groups is 1. The van der Waals surface area contributed by atoms with E-state index in [1.807, 2.05) is 6.92 Å². The van der Waals surface area contributed by atoms with Crippen molar-refractivity contribution in [3.8, 4) is 5.75 Å².